The van der Waals surface area contributed by atoms with E-state index in [0.717, 1.165) is 29.4 Å². The molecule has 9 heteroatoms. The van der Waals surface area contributed by atoms with E-state index in [9.17, 15) is 9.90 Å². The summed E-state index contributed by atoms with van der Waals surface area (Å²) in [5.41, 5.74) is 1.43. The topological polar surface area (TPSA) is 102 Å². The first-order valence-electron chi connectivity index (χ1n) is 8.69. The molecule has 27 heavy (non-hydrogen) atoms. The molecule has 1 aliphatic rings. The smallest absolute Gasteiger partial charge is 0.408 e. The number of rotatable bonds is 4. The number of pyridine rings is 1. The summed E-state index contributed by atoms with van der Waals surface area (Å²) in [6.45, 7) is 0.129. The van der Waals surface area contributed by atoms with Gasteiger partial charge in [0.05, 0.1) is 22.6 Å². The first-order chi connectivity index (χ1) is 13.2. The SMILES string of the molecule is O=C(Nc1cc(C2CCC[C@@H]2CO)nc2c(Br)cnn12)Oc1cccnc1. The number of hydrogen-bond acceptors (Lipinski definition) is 6. The highest BCUT2D eigenvalue weighted by atomic mass is 79.9. The quantitative estimate of drug-likeness (QED) is 0.656. The zero-order valence-corrected chi connectivity index (χ0v) is 16.0. The molecule has 0 aliphatic heterocycles. The van der Waals surface area contributed by atoms with Crippen molar-refractivity contribution in [2.75, 3.05) is 11.9 Å². The first kappa shape index (κ1) is 17.9. The number of aliphatic hydroxyl groups excluding tert-OH is 1. The number of hydrogen-bond donors (Lipinski definition) is 2. The summed E-state index contributed by atoms with van der Waals surface area (Å²) >= 11 is 3.45. The largest absolute Gasteiger partial charge is 0.418 e. The van der Waals surface area contributed by atoms with Crippen LogP contribution >= 0.6 is 15.9 Å². The number of ether oxygens (including phenoxy) is 1. The average Bonchev–Trinajstić information content (AvgIpc) is 3.29. The maximum Gasteiger partial charge on any atom is 0.418 e. The van der Waals surface area contributed by atoms with Crippen molar-refractivity contribution in [3.8, 4) is 5.75 Å². The fourth-order valence-corrected chi connectivity index (χ4v) is 3.87. The second-order valence-electron chi connectivity index (χ2n) is 6.48. The summed E-state index contributed by atoms with van der Waals surface area (Å²) in [7, 11) is 0. The molecule has 3 aromatic rings. The summed E-state index contributed by atoms with van der Waals surface area (Å²) in [5.74, 6) is 1.13. The van der Waals surface area contributed by atoms with Crippen LogP contribution in [0.3, 0.4) is 0 Å². The first-order valence-corrected chi connectivity index (χ1v) is 9.49. The molecule has 1 saturated carbocycles. The highest BCUT2D eigenvalue weighted by Gasteiger charge is 2.30. The van der Waals surface area contributed by atoms with Crippen molar-refractivity contribution in [3.63, 3.8) is 0 Å². The molecule has 3 heterocycles. The van der Waals surface area contributed by atoms with E-state index in [0.29, 0.717) is 17.2 Å². The fraction of sp³-hybridized carbons (Fsp3) is 0.333. The number of amides is 1. The third kappa shape index (κ3) is 3.65. The summed E-state index contributed by atoms with van der Waals surface area (Å²) in [6, 6.07) is 5.13. The van der Waals surface area contributed by atoms with Gasteiger partial charge < -0.3 is 9.84 Å². The zero-order chi connectivity index (χ0) is 18.8. The maximum absolute atomic E-state index is 12.3. The van der Waals surface area contributed by atoms with E-state index < -0.39 is 6.09 Å². The summed E-state index contributed by atoms with van der Waals surface area (Å²) in [6.07, 6.45) is 7.03. The monoisotopic (exact) mass is 431 g/mol. The van der Waals surface area contributed by atoms with E-state index in [1.54, 1.807) is 35.1 Å². The predicted octanol–water partition coefficient (Wildman–Crippen LogP) is 3.37. The van der Waals surface area contributed by atoms with Gasteiger partial charge in [-0.15, -0.1) is 0 Å². The number of aromatic nitrogens is 4. The molecule has 8 nitrogen and oxygen atoms in total. The lowest BCUT2D eigenvalue weighted by Crippen LogP contribution is -2.20. The van der Waals surface area contributed by atoms with Crippen molar-refractivity contribution in [3.05, 3.63) is 47.0 Å². The second kappa shape index (κ2) is 7.61. The number of halogens is 1. The van der Waals surface area contributed by atoms with Gasteiger partial charge in [-0.3, -0.25) is 10.3 Å². The third-order valence-corrected chi connectivity index (χ3v) is 5.36. The molecule has 0 bridgehead atoms. The maximum atomic E-state index is 12.3. The summed E-state index contributed by atoms with van der Waals surface area (Å²) in [4.78, 5) is 20.9. The highest BCUT2D eigenvalue weighted by molar-refractivity contribution is 9.10. The molecule has 4 rings (SSSR count). The minimum atomic E-state index is -0.641. The van der Waals surface area contributed by atoms with Crippen LogP contribution in [-0.2, 0) is 0 Å². The van der Waals surface area contributed by atoms with Gasteiger partial charge in [0.15, 0.2) is 11.4 Å². The van der Waals surface area contributed by atoms with Gasteiger partial charge in [0.2, 0.25) is 0 Å². The van der Waals surface area contributed by atoms with Crippen LogP contribution in [0.1, 0.15) is 30.9 Å². The van der Waals surface area contributed by atoms with Crippen LogP contribution in [0.15, 0.2) is 41.3 Å². The van der Waals surface area contributed by atoms with Crippen molar-refractivity contribution in [2.24, 2.45) is 5.92 Å². The van der Waals surface area contributed by atoms with Crippen molar-refractivity contribution < 1.29 is 14.6 Å². The Kier molecular flexibility index (Phi) is 5.04. The average molecular weight is 432 g/mol. The van der Waals surface area contributed by atoms with Gasteiger partial charge in [0.1, 0.15) is 5.82 Å². The van der Waals surface area contributed by atoms with E-state index in [2.05, 4.69) is 31.3 Å². The Morgan fingerprint density at radius 2 is 2.30 bits per heavy atom. The summed E-state index contributed by atoms with van der Waals surface area (Å²) in [5, 5.41) is 16.6. The van der Waals surface area contributed by atoms with Gasteiger partial charge in [0.25, 0.3) is 0 Å². The van der Waals surface area contributed by atoms with Gasteiger partial charge in [0, 0.05) is 24.8 Å². The number of anilines is 1. The van der Waals surface area contributed by atoms with E-state index in [1.807, 2.05) is 0 Å². The van der Waals surface area contributed by atoms with Crippen molar-refractivity contribution in [1.29, 1.82) is 0 Å². The van der Waals surface area contributed by atoms with Crippen LogP contribution in [-0.4, -0.2) is 37.4 Å². The molecular weight excluding hydrogens is 414 g/mol. The van der Waals surface area contributed by atoms with Crippen LogP contribution < -0.4 is 10.1 Å². The molecule has 0 aromatic carbocycles. The molecule has 0 radical (unpaired) electrons. The van der Waals surface area contributed by atoms with Gasteiger partial charge in [-0.2, -0.15) is 9.61 Å². The van der Waals surface area contributed by atoms with E-state index in [4.69, 9.17) is 9.72 Å². The van der Waals surface area contributed by atoms with Crippen LogP contribution in [0.25, 0.3) is 5.65 Å². The molecule has 0 spiro atoms. The number of carbonyl (C=O) groups is 1. The van der Waals surface area contributed by atoms with Crippen LogP contribution in [0.5, 0.6) is 5.75 Å². The minimum Gasteiger partial charge on any atom is -0.408 e. The molecule has 1 aliphatic carbocycles. The summed E-state index contributed by atoms with van der Waals surface area (Å²) < 4.78 is 7.53. The van der Waals surface area contributed by atoms with Gasteiger partial charge in [-0.1, -0.05) is 6.42 Å². The lowest BCUT2D eigenvalue weighted by molar-refractivity contribution is 0.214. The van der Waals surface area contributed by atoms with Crippen LogP contribution in [0, 0.1) is 5.92 Å². The number of nitrogens with one attached hydrogen (secondary N) is 1. The molecule has 1 fully saturated rings. The fourth-order valence-electron chi connectivity index (χ4n) is 3.52. The molecule has 140 valence electrons. The Hall–Kier alpha value is -2.52. The molecule has 2 N–H and O–H groups in total. The molecule has 3 aromatic heterocycles. The molecule has 2 atom stereocenters. The van der Waals surface area contributed by atoms with Crippen molar-refractivity contribution >= 4 is 33.5 Å². The number of nitrogens with zero attached hydrogens (tertiary/aromatic N) is 4. The van der Waals surface area contributed by atoms with Gasteiger partial charge in [-0.25, -0.2) is 9.78 Å². The Labute approximate surface area is 163 Å². The number of fused-ring (bicyclic) bond motifs is 1. The Bertz CT molecular complexity index is 962. The standard InChI is InChI=1S/C18H18BrN5O3/c19-14-9-21-24-16(23-18(26)27-12-4-2-6-20-8-12)7-15(22-17(14)24)13-5-1-3-11(13)10-25/h2,4,6-9,11,13,25H,1,3,5,10H2,(H,23,26)/t11-,13?/m1/s1. The molecule has 1 amide bonds. The normalized spacial score (nSPS) is 19.3. The number of carbonyl (C=O) groups excluding carboxylic acids is 1. The minimum absolute atomic E-state index is 0.129. The molecule has 0 saturated heterocycles. The lowest BCUT2D eigenvalue weighted by Gasteiger charge is -2.18. The van der Waals surface area contributed by atoms with Crippen LogP contribution in [0.2, 0.25) is 0 Å². The Balaban J connectivity index is 1.65. The Morgan fingerprint density at radius 3 is 3.07 bits per heavy atom. The highest BCUT2D eigenvalue weighted by Crippen LogP contribution is 2.39. The molecular formula is C18H18BrN5O3. The van der Waals surface area contributed by atoms with Gasteiger partial charge >= 0.3 is 6.09 Å². The van der Waals surface area contributed by atoms with E-state index >= 15 is 0 Å². The number of aliphatic hydroxyl groups is 1. The van der Waals surface area contributed by atoms with E-state index in [1.165, 1.54) is 6.20 Å². The van der Waals surface area contributed by atoms with Crippen molar-refractivity contribution in [2.45, 2.75) is 25.2 Å². The molecule has 1 unspecified atom stereocenters. The lowest BCUT2D eigenvalue weighted by atomic mass is 9.93. The third-order valence-electron chi connectivity index (χ3n) is 4.80. The second-order valence-corrected chi connectivity index (χ2v) is 7.33. The van der Waals surface area contributed by atoms with Crippen LogP contribution in [0.4, 0.5) is 10.6 Å². The van der Waals surface area contributed by atoms with E-state index in [-0.39, 0.29) is 18.4 Å². The zero-order valence-electron chi connectivity index (χ0n) is 14.4. The van der Waals surface area contributed by atoms with Crippen molar-refractivity contribution in [1.82, 2.24) is 19.6 Å². The Morgan fingerprint density at radius 1 is 1.41 bits per heavy atom. The van der Waals surface area contributed by atoms with Gasteiger partial charge in [-0.05, 0) is 46.8 Å². The predicted molar refractivity (Wildman–Crippen MR) is 102 cm³/mol.